The fourth-order valence-electron chi connectivity index (χ4n) is 3.72. The lowest BCUT2D eigenvalue weighted by atomic mass is 9.91. The number of halogens is 1. The Bertz CT molecular complexity index is 724. The van der Waals surface area contributed by atoms with Gasteiger partial charge in [-0.15, -0.1) is 12.4 Å². The van der Waals surface area contributed by atoms with Crippen molar-refractivity contribution in [1.29, 1.82) is 0 Å². The van der Waals surface area contributed by atoms with Gasteiger partial charge in [-0.3, -0.25) is 14.5 Å². The lowest BCUT2D eigenvalue weighted by Gasteiger charge is -2.35. The first kappa shape index (κ1) is 21.2. The van der Waals surface area contributed by atoms with E-state index in [9.17, 15) is 14.4 Å². The molecule has 2 saturated heterocycles. The number of nitrogens with one attached hydrogen (secondary N) is 1. The van der Waals surface area contributed by atoms with E-state index >= 15 is 0 Å². The van der Waals surface area contributed by atoms with Gasteiger partial charge in [-0.2, -0.15) is 0 Å². The molecule has 2 atom stereocenters. The number of nitrogens with zero attached hydrogens (tertiary/aromatic N) is 2. The number of nitrogens with two attached hydrogens (primary N) is 1. The Hall–Kier alpha value is -2.12. The highest BCUT2D eigenvalue weighted by Crippen LogP contribution is 2.29. The van der Waals surface area contributed by atoms with Gasteiger partial charge in [0.2, 0.25) is 5.91 Å². The molecule has 1 aromatic rings. The predicted octanol–water partition coefficient (Wildman–Crippen LogP) is 1.52. The third kappa shape index (κ3) is 3.94. The molecule has 8 heteroatoms. The summed E-state index contributed by atoms with van der Waals surface area (Å²) in [6.45, 7) is 4.40. The van der Waals surface area contributed by atoms with Gasteiger partial charge < -0.3 is 16.0 Å². The van der Waals surface area contributed by atoms with Crippen molar-refractivity contribution in [2.75, 3.05) is 19.6 Å². The van der Waals surface area contributed by atoms with Gasteiger partial charge in [-0.05, 0) is 38.7 Å². The van der Waals surface area contributed by atoms with Crippen LogP contribution in [0.15, 0.2) is 24.3 Å². The topological polar surface area (TPSA) is 95.7 Å². The van der Waals surface area contributed by atoms with Crippen molar-refractivity contribution in [1.82, 2.24) is 15.1 Å². The number of carbonyl (C=O) groups is 3. The highest BCUT2D eigenvalue weighted by molar-refractivity contribution is 6.09. The van der Waals surface area contributed by atoms with Crippen LogP contribution in [0.2, 0.25) is 0 Å². The van der Waals surface area contributed by atoms with Gasteiger partial charge in [0.25, 0.3) is 5.91 Å². The summed E-state index contributed by atoms with van der Waals surface area (Å²) >= 11 is 0. The average Bonchev–Trinajstić information content (AvgIpc) is 2.86. The van der Waals surface area contributed by atoms with Gasteiger partial charge in [-0.1, -0.05) is 29.8 Å². The van der Waals surface area contributed by atoms with Crippen molar-refractivity contribution in [3.8, 4) is 0 Å². The Kier molecular flexibility index (Phi) is 6.49. The molecule has 2 aliphatic heterocycles. The molecule has 3 rings (SSSR count). The van der Waals surface area contributed by atoms with Gasteiger partial charge in [0.1, 0.15) is 12.1 Å². The van der Waals surface area contributed by atoms with Gasteiger partial charge in [-0.25, -0.2) is 4.79 Å². The van der Waals surface area contributed by atoms with Crippen LogP contribution in [0.25, 0.3) is 0 Å². The lowest BCUT2D eigenvalue weighted by Crippen LogP contribution is -2.51. The Morgan fingerprint density at radius 3 is 2.56 bits per heavy atom. The summed E-state index contributed by atoms with van der Waals surface area (Å²) in [4.78, 5) is 40.8. The van der Waals surface area contributed by atoms with Crippen molar-refractivity contribution in [2.24, 2.45) is 5.73 Å². The second kappa shape index (κ2) is 8.27. The van der Waals surface area contributed by atoms with Crippen LogP contribution in [0.5, 0.6) is 0 Å². The summed E-state index contributed by atoms with van der Waals surface area (Å²) in [5, 5.41) is 2.74. The van der Waals surface area contributed by atoms with Crippen molar-refractivity contribution in [3.05, 3.63) is 35.4 Å². The molecule has 0 spiro atoms. The molecule has 2 aliphatic rings. The molecule has 0 saturated carbocycles. The molecule has 2 fully saturated rings. The Balaban J connectivity index is 0.00000261. The summed E-state index contributed by atoms with van der Waals surface area (Å²) in [5.41, 5.74) is 6.39. The van der Waals surface area contributed by atoms with Crippen LogP contribution in [0.1, 0.15) is 37.3 Å². The van der Waals surface area contributed by atoms with Gasteiger partial charge in [0.15, 0.2) is 0 Å². The summed E-state index contributed by atoms with van der Waals surface area (Å²) in [6, 6.07) is 6.90. The summed E-state index contributed by atoms with van der Waals surface area (Å²) in [6.07, 6.45) is 2.83. The average molecular weight is 395 g/mol. The molecule has 0 radical (unpaired) electrons. The molecular weight excluding hydrogens is 368 g/mol. The molecule has 0 aliphatic carbocycles. The highest BCUT2D eigenvalue weighted by Gasteiger charge is 2.49. The number of urea groups is 1. The fourth-order valence-corrected chi connectivity index (χ4v) is 3.72. The number of imide groups is 1. The molecule has 3 N–H and O–H groups in total. The standard InChI is InChI=1S/C19H26N4O3.ClH/c1-13-6-8-14(9-7-13)19(2)17(25)23(18(26)21-19)12-16(24)22-10-4-3-5-15(22)11-20;/h6-9,15H,3-5,10-12,20H2,1-2H3,(H,21,26);1H. The number of rotatable bonds is 4. The second-order valence-corrected chi connectivity index (χ2v) is 7.28. The largest absolute Gasteiger partial charge is 0.337 e. The summed E-state index contributed by atoms with van der Waals surface area (Å²) < 4.78 is 0. The predicted molar refractivity (Wildman–Crippen MR) is 104 cm³/mol. The first-order valence-electron chi connectivity index (χ1n) is 9.07. The second-order valence-electron chi connectivity index (χ2n) is 7.28. The van der Waals surface area contributed by atoms with Crippen molar-refractivity contribution in [3.63, 3.8) is 0 Å². The third-order valence-corrected chi connectivity index (χ3v) is 5.42. The Morgan fingerprint density at radius 1 is 1.26 bits per heavy atom. The zero-order valence-corrected chi connectivity index (χ0v) is 16.6. The summed E-state index contributed by atoms with van der Waals surface area (Å²) in [7, 11) is 0. The van der Waals surface area contributed by atoms with E-state index in [0.717, 1.165) is 29.7 Å². The maximum atomic E-state index is 12.9. The number of hydrogen-bond donors (Lipinski definition) is 2. The summed E-state index contributed by atoms with van der Waals surface area (Å²) in [5.74, 6) is -0.627. The van der Waals surface area contributed by atoms with Crippen LogP contribution in [0.4, 0.5) is 4.79 Å². The zero-order chi connectivity index (χ0) is 18.9. The molecule has 0 aromatic heterocycles. The zero-order valence-electron chi connectivity index (χ0n) is 15.7. The molecule has 148 valence electrons. The molecule has 27 heavy (non-hydrogen) atoms. The minimum Gasteiger partial charge on any atom is -0.337 e. The molecule has 2 unspecified atom stereocenters. The molecular formula is C19H27ClN4O3. The van der Waals surface area contributed by atoms with Crippen LogP contribution < -0.4 is 11.1 Å². The SMILES string of the molecule is Cc1ccc(C2(C)NC(=O)N(CC(=O)N3CCCCC3CN)C2=O)cc1.Cl. The Morgan fingerprint density at radius 2 is 1.93 bits per heavy atom. The molecule has 4 amide bonds. The third-order valence-electron chi connectivity index (χ3n) is 5.42. The number of aryl methyl sites for hydroxylation is 1. The minimum absolute atomic E-state index is 0. The van der Waals surface area contributed by atoms with Crippen LogP contribution in [0.3, 0.4) is 0 Å². The quantitative estimate of drug-likeness (QED) is 0.757. The van der Waals surface area contributed by atoms with Gasteiger partial charge >= 0.3 is 6.03 Å². The number of hydrogen-bond acceptors (Lipinski definition) is 4. The van der Waals surface area contributed by atoms with E-state index < -0.39 is 17.5 Å². The van der Waals surface area contributed by atoms with Crippen LogP contribution in [-0.2, 0) is 15.1 Å². The minimum atomic E-state index is -1.15. The monoisotopic (exact) mass is 394 g/mol. The Labute approximate surface area is 165 Å². The number of piperidine rings is 1. The molecule has 7 nitrogen and oxygen atoms in total. The maximum Gasteiger partial charge on any atom is 0.325 e. The number of benzene rings is 1. The molecule has 1 aromatic carbocycles. The lowest BCUT2D eigenvalue weighted by molar-refractivity contribution is -0.141. The van der Waals surface area contributed by atoms with Crippen molar-refractivity contribution < 1.29 is 14.4 Å². The van der Waals surface area contributed by atoms with Crippen LogP contribution >= 0.6 is 12.4 Å². The van der Waals surface area contributed by atoms with E-state index in [4.69, 9.17) is 5.73 Å². The molecule has 0 bridgehead atoms. The van der Waals surface area contributed by atoms with Crippen molar-refractivity contribution in [2.45, 2.75) is 44.7 Å². The van der Waals surface area contributed by atoms with E-state index in [2.05, 4.69) is 5.32 Å². The van der Waals surface area contributed by atoms with E-state index in [1.807, 2.05) is 31.2 Å². The number of amides is 4. The highest BCUT2D eigenvalue weighted by atomic mass is 35.5. The van der Waals surface area contributed by atoms with E-state index in [0.29, 0.717) is 18.7 Å². The van der Waals surface area contributed by atoms with Crippen LogP contribution in [0, 0.1) is 6.92 Å². The van der Waals surface area contributed by atoms with Gasteiger partial charge in [0.05, 0.1) is 0 Å². The smallest absolute Gasteiger partial charge is 0.325 e. The van der Waals surface area contributed by atoms with Crippen molar-refractivity contribution >= 4 is 30.3 Å². The fraction of sp³-hybridized carbons (Fsp3) is 0.526. The van der Waals surface area contributed by atoms with Gasteiger partial charge in [0, 0.05) is 19.1 Å². The van der Waals surface area contributed by atoms with E-state index in [1.165, 1.54) is 0 Å². The van der Waals surface area contributed by atoms with E-state index in [-0.39, 0.29) is 30.9 Å². The van der Waals surface area contributed by atoms with Crippen LogP contribution in [-0.4, -0.2) is 53.3 Å². The first-order chi connectivity index (χ1) is 12.4. The normalized spacial score (nSPS) is 25.2. The number of carbonyl (C=O) groups excluding carboxylic acids is 3. The van der Waals surface area contributed by atoms with E-state index in [1.54, 1.807) is 11.8 Å². The number of likely N-dealkylation sites (tertiary alicyclic amines) is 1. The molecule has 2 heterocycles. The maximum absolute atomic E-state index is 12.9. The first-order valence-corrected chi connectivity index (χ1v) is 9.07.